The molecule has 2 N–H and O–H groups in total. The van der Waals surface area contributed by atoms with Gasteiger partial charge in [0.1, 0.15) is 12.4 Å². The molecule has 0 heterocycles. The van der Waals surface area contributed by atoms with Gasteiger partial charge in [-0.1, -0.05) is 29.8 Å². The summed E-state index contributed by atoms with van der Waals surface area (Å²) in [5.74, 6) is 0.896. The molecule has 0 saturated carbocycles. The zero-order valence-corrected chi connectivity index (χ0v) is 11.4. The average Bonchev–Trinajstić information content (AvgIpc) is 2.78. The number of ether oxygens (including phenoxy) is 1. The lowest BCUT2D eigenvalue weighted by atomic mass is 10.1. The van der Waals surface area contributed by atoms with E-state index in [0.29, 0.717) is 6.61 Å². The van der Waals surface area contributed by atoms with Gasteiger partial charge in [-0.3, -0.25) is 0 Å². The number of aryl methyl sites for hydroxylation is 1. The highest BCUT2D eigenvalue weighted by atomic mass is 35.5. The van der Waals surface area contributed by atoms with Gasteiger partial charge in [0.05, 0.1) is 0 Å². The molecule has 2 aromatic carbocycles. The van der Waals surface area contributed by atoms with Gasteiger partial charge in [-0.25, -0.2) is 0 Å². The topological polar surface area (TPSA) is 35.2 Å². The van der Waals surface area contributed by atoms with Crippen molar-refractivity contribution in [3.8, 4) is 5.75 Å². The maximum atomic E-state index is 6.02. The Morgan fingerprint density at radius 1 is 1.21 bits per heavy atom. The Morgan fingerprint density at radius 3 is 2.95 bits per heavy atom. The second-order valence-corrected chi connectivity index (χ2v) is 5.36. The van der Waals surface area contributed by atoms with Crippen LogP contribution in [-0.4, -0.2) is 0 Å². The molecule has 0 aromatic heterocycles. The van der Waals surface area contributed by atoms with Crippen molar-refractivity contribution >= 4 is 11.6 Å². The SMILES string of the molecule is N[C@H]1CCc2cc(OCc3cccc(Cl)c3)ccc21. The first-order valence-corrected chi connectivity index (χ1v) is 6.86. The zero-order chi connectivity index (χ0) is 13.2. The van der Waals surface area contributed by atoms with E-state index in [4.69, 9.17) is 22.1 Å². The summed E-state index contributed by atoms with van der Waals surface area (Å²) in [4.78, 5) is 0. The minimum absolute atomic E-state index is 0.192. The van der Waals surface area contributed by atoms with Crippen LogP contribution in [0.5, 0.6) is 5.75 Å². The van der Waals surface area contributed by atoms with Gasteiger partial charge in [-0.05, 0) is 53.8 Å². The van der Waals surface area contributed by atoms with E-state index in [-0.39, 0.29) is 6.04 Å². The van der Waals surface area contributed by atoms with E-state index in [1.54, 1.807) is 0 Å². The van der Waals surface area contributed by atoms with Gasteiger partial charge in [0.15, 0.2) is 0 Å². The van der Waals surface area contributed by atoms with E-state index in [1.807, 2.05) is 30.3 Å². The molecule has 1 aliphatic carbocycles. The zero-order valence-electron chi connectivity index (χ0n) is 10.6. The molecule has 0 aliphatic heterocycles. The normalized spacial score (nSPS) is 17.3. The molecular formula is C16H16ClNO. The van der Waals surface area contributed by atoms with Gasteiger partial charge < -0.3 is 10.5 Å². The number of hydrogen-bond donors (Lipinski definition) is 1. The fourth-order valence-corrected chi connectivity index (χ4v) is 2.72. The van der Waals surface area contributed by atoms with Gasteiger partial charge in [0, 0.05) is 11.1 Å². The maximum Gasteiger partial charge on any atom is 0.120 e. The summed E-state index contributed by atoms with van der Waals surface area (Å²) in [6.45, 7) is 0.533. The second-order valence-electron chi connectivity index (χ2n) is 4.92. The molecule has 0 spiro atoms. The molecule has 19 heavy (non-hydrogen) atoms. The molecule has 98 valence electrons. The first-order valence-electron chi connectivity index (χ1n) is 6.48. The summed E-state index contributed by atoms with van der Waals surface area (Å²) in [6.07, 6.45) is 2.08. The van der Waals surface area contributed by atoms with Gasteiger partial charge >= 0.3 is 0 Å². The molecular weight excluding hydrogens is 258 g/mol. The highest BCUT2D eigenvalue weighted by Crippen LogP contribution is 2.32. The second kappa shape index (κ2) is 5.24. The maximum absolute atomic E-state index is 6.02. The molecule has 0 amide bonds. The predicted molar refractivity (Wildman–Crippen MR) is 77.5 cm³/mol. The molecule has 0 fully saturated rings. The Balaban J connectivity index is 1.71. The Bertz CT molecular complexity index is 597. The molecule has 2 aromatic rings. The van der Waals surface area contributed by atoms with Crippen molar-refractivity contribution in [1.82, 2.24) is 0 Å². The lowest BCUT2D eigenvalue weighted by Gasteiger charge is -2.09. The number of rotatable bonds is 3. The molecule has 2 nitrogen and oxygen atoms in total. The van der Waals surface area contributed by atoms with Crippen LogP contribution in [0.1, 0.15) is 29.2 Å². The Morgan fingerprint density at radius 2 is 2.11 bits per heavy atom. The van der Waals surface area contributed by atoms with Crippen molar-refractivity contribution in [1.29, 1.82) is 0 Å². The van der Waals surface area contributed by atoms with E-state index in [2.05, 4.69) is 12.1 Å². The first kappa shape index (κ1) is 12.5. The summed E-state index contributed by atoms with van der Waals surface area (Å²) < 4.78 is 5.81. The van der Waals surface area contributed by atoms with Crippen molar-refractivity contribution in [3.63, 3.8) is 0 Å². The van der Waals surface area contributed by atoms with E-state index in [1.165, 1.54) is 11.1 Å². The van der Waals surface area contributed by atoms with Crippen molar-refractivity contribution in [2.24, 2.45) is 5.73 Å². The van der Waals surface area contributed by atoms with Gasteiger partial charge in [-0.2, -0.15) is 0 Å². The van der Waals surface area contributed by atoms with Crippen LogP contribution in [-0.2, 0) is 13.0 Å². The summed E-state index contributed by atoms with van der Waals surface area (Å²) in [5.41, 5.74) is 9.67. The fourth-order valence-electron chi connectivity index (χ4n) is 2.51. The van der Waals surface area contributed by atoms with Crippen LogP contribution in [0.2, 0.25) is 5.02 Å². The Kier molecular flexibility index (Phi) is 3.45. The highest BCUT2D eigenvalue weighted by molar-refractivity contribution is 6.30. The Labute approximate surface area is 118 Å². The van der Waals surface area contributed by atoms with E-state index in [0.717, 1.165) is 29.2 Å². The number of benzene rings is 2. The number of fused-ring (bicyclic) bond motifs is 1. The average molecular weight is 274 g/mol. The third-order valence-electron chi connectivity index (χ3n) is 3.53. The summed E-state index contributed by atoms with van der Waals surface area (Å²) in [5, 5.41) is 0.737. The Hall–Kier alpha value is -1.51. The number of halogens is 1. The predicted octanol–water partition coefficient (Wildman–Crippen LogP) is 3.87. The van der Waals surface area contributed by atoms with Gasteiger partial charge in [0.2, 0.25) is 0 Å². The van der Waals surface area contributed by atoms with Gasteiger partial charge in [0.25, 0.3) is 0 Å². The first-order chi connectivity index (χ1) is 9.22. The highest BCUT2D eigenvalue weighted by Gasteiger charge is 2.18. The molecule has 0 unspecified atom stereocenters. The van der Waals surface area contributed by atoms with E-state index < -0.39 is 0 Å². The lowest BCUT2D eigenvalue weighted by molar-refractivity contribution is 0.306. The van der Waals surface area contributed by atoms with Crippen LogP contribution in [0.3, 0.4) is 0 Å². The van der Waals surface area contributed by atoms with Crippen LogP contribution < -0.4 is 10.5 Å². The molecule has 3 heteroatoms. The smallest absolute Gasteiger partial charge is 0.120 e. The molecule has 0 bridgehead atoms. The molecule has 3 rings (SSSR count). The third-order valence-corrected chi connectivity index (χ3v) is 3.77. The van der Waals surface area contributed by atoms with Crippen molar-refractivity contribution < 1.29 is 4.74 Å². The van der Waals surface area contributed by atoms with Crippen LogP contribution in [0.25, 0.3) is 0 Å². The van der Waals surface area contributed by atoms with Crippen LogP contribution in [0, 0.1) is 0 Å². The molecule has 1 atom stereocenters. The van der Waals surface area contributed by atoms with Crippen molar-refractivity contribution in [2.75, 3.05) is 0 Å². The number of hydrogen-bond acceptors (Lipinski definition) is 2. The van der Waals surface area contributed by atoms with Crippen molar-refractivity contribution in [3.05, 3.63) is 64.2 Å². The summed E-state index contributed by atoms with van der Waals surface area (Å²) >= 11 is 5.95. The van der Waals surface area contributed by atoms with Crippen molar-refractivity contribution in [2.45, 2.75) is 25.5 Å². The van der Waals surface area contributed by atoms with Crippen LogP contribution in [0.15, 0.2) is 42.5 Å². The largest absolute Gasteiger partial charge is 0.489 e. The minimum Gasteiger partial charge on any atom is -0.489 e. The minimum atomic E-state index is 0.192. The van der Waals surface area contributed by atoms with E-state index in [9.17, 15) is 0 Å². The quantitative estimate of drug-likeness (QED) is 0.921. The molecule has 0 radical (unpaired) electrons. The monoisotopic (exact) mass is 273 g/mol. The summed E-state index contributed by atoms with van der Waals surface area (Å²) in [7, 11) is 0. The van der Waals surface area contributed by atoms with Crippen LogP contribution >= 0.6 is 11.6 Å². The van der Waals surface area contributed by atoms with Crippen LogP contribution in [0.4, 0.5) is 0 Å². The molecule has 0 saturated heterocycles. The lowest BCUT2D eigenvalue weighted by Crippen LogP contribution is -2.05. The number of nitrogens with two attached hydrogens (primary N) is 1. The fraction of sp³-hybridized carbons (Fsp3) is 0.250. The molecule has 1 aliphatic rings. The van der Waals surface area contributed by atoms with Gasteiger partial charge in [-0.15, -0.1) is 0 Å². The summed E-state index contributed by atoms with van der Waals surface area (Å²) in [6, 6.07) is 14.1. The third kappa shape index (κ3) is 2.75. The standard InChI is InChI=1S/C16H16ClNO/c17-13-3-1-2-11(8-13)10-19-14-5-6-15-12(9-14)4-7-16(15)18/h1-3,5-6,8-9,16H,4,7,10,18H2/t16-/m0/s1. The van der Waals surface area contributed by atoms with E-state index >= 15 is 0 Å².